The van der Waals surface area contributed by atoms with Crippen molar-refractivity contribution in [1.29, 1.82) is 0 Å². The summed E-state index contributed by atoms with van der Waals surface area (Å²) in [6.07, 6.45) is 3.49. The van der Waals surface area contributed by atoms with Crippen LogP contribution in [0.5, 0.6) is 0 Å². The van der Waals surface area contributed by atoms with Gasteiger partial charge < -0.3 is 5.11 Å². The summed E-state index contributed by atoms with van der Waals surface area (Å²) in [6.45, 7) is 0.903. The van der Waals surface area contributed by atoms with Crippen molar-refractivity contribution in [3.05, 3.63) is 47.3 Å². The summed E-state index contributed by atoms with van der Waals surface area (Å²) in [6, 6.07) is 5.69. The summed E-state index contributed by atoms with van der Waals surface area (Å²) in [5.41, 5.74) is 1.03. The minimum atomic E-state index is -1.03. The lowest BCUT2D eigenvalue weighted by Gasteiger charge is -2.37. The Morgan fingerprint density at radius 1 is 1.29 bits per heavy atom. The molecule has 2 fully saturated rings. The third-order valence-corrected chi connectivity index (χ3v) is 5.22. The van der Waals surface area contributed by atoms with Crippen molar-refractivity contribution in [2.75, 3.05) is 13.1 Å². The summed E-state index contributed by atoms with van der Waals surface area (Å²) in [5, 5.41) is 8.88. The Morgan fingerprint density at radius 2 is 2.00 bits per heavy atom. The predicted octanol–water partition coefficient (Wildman–Crippen LogP) is 2.86. The molecule has 2 atom stereocenters. The van der Waals surface area contributed by atoms with Gasteiger partial charge in [-0.15, -0.1) is 0 Å². The molecule has 128 valence electrons. The van der Waals surface area contributed by atoms with Gasteiger partial charge in [-0.25, -0.2) is 9.18 Å². The molecule has 6 heteroatoms. The quantitative estimate of drug-likeness (QED) is 0.634. The number of hydrogen-bond acceptors (Lipinski definition) is 4. The highest BCUT2D eigenvalue weighted by Gasteiger charge is 2.40. The first-order valence-electron chi connectivity index (χ1n) is 8.11. The molecular formula is C18H20FNO3S. The highest BCUT2D eigenvalue weighted by molar-refractivity contribution is 7.81. The van der Waals surface area contributed by atoms with Gasteiger partial charge >= 0.3 is 5.97 Å². The van der Waals surface area contributed by atoms with E-state index < -0.39 is 17.8 Å². The van der Waals surface area contributed by atoms with Crippen LogP contribution in [0.2, 0.25) is 0 Å². The topological polar surface area (TPSA) is 57.6 Å². The van der Waals surface area contributed by atoms with E-state index in [1.54, 1.807) is 18.2 Å². The molecule has 4 nitrogen and oxygen atoms in total. The minimum absolute atomic E-state index is 0.00441. The lowest BCUT2D eigenvalue weighted by Crippen LogP contribution is -2.42. The maximum Gasteiger partial charge on any atom is 0.328 e. The Labute approximate surface area is 145 Å². The van der Waals surface area contributed by atoms with Gasteiger partial charge in [-0.2, -0.15) is 12.6 Å². The van der Waals surface area contributed by atoms with Crippen molar-refractivity contribution >= 4 is 24.4 Å². The van der Waals surface area contributed by atoms with E-state index in [1.807, 2.05) is 4.90 Å². The number of ketones is 1. The van der Waals surface area contributed by atoms with E-state index in [1.165, 1.54) is 6.07 Å². The van der Waals surface area contributed by atoms with Crippen LogP contribution in [-0.4, -0.2) is 40.1 Å². The van der Waals surface area contributed by atoms with Gasteiger partial charge in [-0.3, -0.25) is 9.69 Å². The number of halogens is 1. The van der Waals surface area contributed by atoms with E-state index in [0.29, 0.717) is 30.6 Å². The van der Waals surface area contributed by atoms with Crippen LogP contribution in [0.1, 0.15) is 30.9 Å². The lowest BCUT2D eigenvalue weighted by molar-refractivity contribution is -0.131. The second-order valence-corrected chi connectivity index (χ2v) is 7.06. The molecule has 1 aromatic carbocycles. The summed E-state index contributed by atoms with van der Waals surface area (Å²) < 4.78 is 14.3. The molecule has 24 heavy (non-hydrogen) atoms. The molecule has 1 heterocycles. The van der Waals surface area contributed by atoms with Crippen LogP contribution in [-0.2, 0) is 9.59 Å². The van der Waals surface area contributed by atoms with E-state index in [-0.39, 0.29) is 17.0 Å². The molecule has 0 radical (unpaired) electrons. The maximum absolute atomic E-state index is 14.3. The number of benzene rings is 1. The molecule has 1 N–H and O–H groups in total. The summed E-state index contributed by atoms with van der Waals surface area (Å²) >= 11 is 4.44. The maximum atomic E-state index is 14.3. The molecular weight excluding hydrogens is 329 g/mol. The number of nitrogens with zero attached hydrogens (tertiary/aromatic N) is 1. The number of piperidine rings is 1. The van der Waals surface area contributed by atoms with Crippen molar-refractivity contribution in [3.63, 3.8) is 0 Å². The average molecular weight is 349 g/mol. The molecule has 0 amide bonds. The second kappa shape index (κ2) is 7.07. The Morgan fingerprint density at radius 3 is 2.62 bits per heavy atom. The van der Waals surface area contributed by atoms with Crippen LogP contribution in [0.15, 0.2) is 35.9 Å². The molecule has 1 saturated carbocycles. The van der Waals surface area contributed by atoms with Crippen LogP contribution >= 0.6 is 12.6 Å². The van der Waals surface area contributed by atoms with Gasteiger partial charge in [0, 0.05) is 35.9 Å². The van der Waals surface area contributed by atoms with Crippen molar-refractivity contribution < 1.29 is 19.1 Å². The number of carbonyl (C=O) groups is 2. The first kappa shape index (κ1) is 17.2. The van der Waals surface area contributed by atoms with Gasteiger partial charge in [-0.05, 0) is 30.9 Å². The van der Waals surface area contributed by atoms with E-state index in [9.17, 15) is 14.0 Å². The third kappa shape index (κ3) is 3.70. The van der Waals surface area contributed by atoms with E-state index >= 15 is 0 Å². The number of carboxylic acid groups (broad SMARTS) is 1. The second-order valence-electron chi connectivity index (χ2n) is 6.43. The summed E-state index contributed by atoms with van der Waals surface area (Å²) in [7, 11) is 0. The molecule has 3 rings (SSSR count). The first-order valence-corrected chi connectivity index (χ1v) is 8.62. The number of hydrogen-bond donors (Lipinski definition) is 2. The number of rotatable bonds is 5. The standard InChI is InChI=1S/C18H20FNO3S/c19-14-4-2-1-3-13(14)17(18(23)11-5-6-11)20-8-7-15(24)12(10-20)9-16(21)22/h1-4,9,11,15,17,24H,5-8,10H2,(H,21,22)/t15-,17+/m1/s1. The molecule has 0 aromatic heterocycles. The normalized spacial score (nSPS) is 24.8. The lowest BCUT2D eigenvalue weighted by atomic mass is 9.93. The Balaban J connectivity index is 1.92. The minimum Gasteiger partial charge on any atom is -0.478 e. The average Bonchev–Trinajstić information content (AvgIpc) is 3.36. The zero-order valence-electron chi connectivity index (χ0n) is 13.2. The van der Waals surface area contributed by atoms with Gasteiger partial charge in [0.1, 0.15) is 5.82 Å². The fourth-order valence-electron chi connectivity index (χ4n) is 3.23. The van der Waals surface area contributed by atoms with Crippen molar-refractivity contribution in [2.45, 2.75) is 30.6 Å². The third-order valence-electron chi connectivity index (χ3n) is 4.63. The molecule has 1 saturated heterocycles. The van der Waals surface area contributed by atoms with Crippen LogP contribution in [0.25, 0.3) is 0 Å². The van der Waals surface area contributed by atoms with Gasteiger partial charge in [-0.1, -0.05) is 18.2 Å². The Kier molecular flexibility index (Phi) is 5.06. The van der Waals surface area contributed by atoms with Gasteiger partial charge in [0.15, 0.2) is 5.78 Å². The number of thiol groups is 1. The van der Waals surface area contributed by atoms with Crippen LogP contribution in [0.4, 0.5) is 4.39 Å². The fourth-order valence-corrected chi connectivity index (χ4v) is 3.50. The number of likely N-dealkylation sites (tertiary alicyclic amines) is 1. The van der Waals surface area contributed by atoms with Gasteiger partial charge in [0.05, 0.1) is 6.04 Å². The number of carbonyl (C=O) groups excluding carboxylic acids is 1. The molecule has 1 aromatic rings. The number of Topliss-reactive ketones (excluding diaryl/α,β-unsaturated/α-hetero) is 1. The molecule has 0 unspecified atom stereocenters. The molecule has 0 spiro atoms. The summed E-state index contributed by atoms with van der Waals surface area (Å²) in [4.78, 5) is 25.7. The van der Waals surface area contributed by atoms with Crippen molar-refractivity contribution in [3.8, 4) is 0 Å². The highest BCUT2D eigenvalue weighted by atomic mass is 32.1. The first-order chi connectivity index (χ1) is 11.5. The number of carboxylic acids is 1. The van der Waals surface area contributed by atoms with Gasteiger partial charge in [0.2, 0.25) is 0 Å². The van der Waals surface area contributed by atoms with Crippen molar-refractivity contribution in [2.24, 2.45) is 5.92 Å². The van der Waals surface area contributed by atoms with E-state index in [2.05, 4.69) is 12.6 Å². The smallest absolute Gasteiger partial charge is 0.328 e. The van der Waals surface area contributed by atoms with Crippen LogP contribution < -0.4 is 0 Å². The Bertz CT molecular complexity index is 687. The zero-order valence-corrected chi connectivity index (χ0v) is 14.1. The SMILES string of the molecule is O=C(O)C=C1CN([C@H](C(=O)C2CC2)c2ccccc2F)CC[C@H]1S. The van der Waals surface area contributed by atoms with Crippen LogP contribution in [0, 0.1) is 11.7 Å². The predicted molar refractivity (Wildman–Crippen MR) is 91.6 cm³/mol. The molecule has 1 aliphatic carbocycles. The molecule has 0 bridgehead atoms. The fraction of sp³-hybridized carbons (Fsp3) is 0.444. The van der Waals surface area contributed by atoms with Gasteiger partial charge in [0.25, 0.3) is 0 Å². The number of aliphatic carboxylic acids is 1. The molecule has 1 aliphatic heterocycles. The molecule has 2 aliphatic rings. The van der Waals surface area contributed by atoms with E-state index in [0.717, 1.165) is 18.9 Å². The largest absolute Gasteiger partial charge is 0.478 e. The van der Waals surface area contributed by atoms with Crippen LogP contribution in [0.3, 0.4) is 0 Å². The summed E-state index contributed by atoms with van der Waals surface area (Å²) in [5.74, 6) is -1.39. The van der Waals surface area contributed by atoms with E-state index in [4.69, 9.17) is 5.11 Å². The zero-order chi connectivity index (χ0) is 17.3. The highest BCUT2D eigenvalue weighted by Crippen LogP contribution is 2.39. The monoisotopic (exact) mass is 349 g/mol. The van der Waals surface area contributed by atoms with Crippen molar-refractivity contribution in [1.82, 2.24) is 4.90 Å². The Hall–Kier alpha value is -1.66.